The number of allylic oxidation sites excluding steroid dienone is 3. The molecule has 1 fully saturated rings. The number of thiophene rings is 1. The molecule has 1 saturated heterocycles. The average molecular weight is 925 g/mol. The number of hydrogen-bond acceptors (Lipinski definition) is 13. The maximum atomic E-state index is 14.0. The zero-order valence-corrected chi connectivity index (χ0v) is 37.0. The van der Waals surface area contributed by atoms with E-state index in [1.165, 1.54) is 28.6 Å². The number of ether oxygens (including phenoxy) is 2. The number of nitrogens with one attached hydrogen (secondary N) is 4. The van der Waals surface area contributed by atoms with Crippen LogP contribution in [0.25, 0.3) is 33.9 Å². The van der Waals surface area contributed by atoms with Crippen molar-refractivity contribution in [2.75, 3.05) is 38.1 Å². The maximum Gasteiger partial charge on any atom is 0.678 e. The number of benzene rings is 1. The van der Waals surface area contributed by atoms with Gasteiger partial charge < -0.3 is 45.4 Å². The Labute approximate surface area is 383 Å². The molecule has 5 aromatic rings. The van der Waals surface area contributed by atoms with Gasteiger partial charge in [0.2, 0.25) is 5.91 Å². The summed E-state index contributed by atoms with van der Waals surface area (Å²) in [5.74, 6) is 0.230. The van der Waals surface area contributed by atoms with Gasteiger partial charge in [-0.2, -0.15) is 0 Å². The maximum absolute atomic E-state index is 14.0. The summed E-state index contributed by atoms with van der Waals surface area (Å²) in [6.45, 7) is 3.51. The van der Waals surface area contributed by atoms with Gasteiger partial charge in [-0.3, -0.25) is 27.6 Å². The molecule has 0 spiro atoms. The molecule has 4 unspecified atom stereocenters. The Morgan fingerprint density at radius 3 is 2.45 bits per heavy atom. The number of amides is 3. The molecule has 2 aliphatic heterocycles. The molecule has 0 saturated carbocycles. The van der Waals surface area contributed by atoms with Gasteiger partial charge in [0.25, 0.3) is 11.8 Å². The van der Waals surface area contributed by atoms with Crippen molar-refractivity contribution in [3.8, 4) is 16.3 Å². The molecule has 6 heterocycles. The van der Waals surface area contributed by atoms with E-state index in [1.807, 2.05) is 47.9 Å². The number of hydrogen-bond donors (Lipinski definition) is 6. The molecule has 3 amide bonds. The zero-order valence-electron chi connectivity index (χ0n) is 36.2. The molecule has 0 radical (unpaired) electrons. The SMILES string of the molecule is CCNC(=O)C1OC(n2cnc3c(NCCCCNC(=O)CCCCCNC(=O)COc4ccc(/C=C\C5=NC(=C\c6ccc(-c7cccs7)n6B(F)F)/C=C5)cc4)ncnc32)C(O)C1O. The van der Waals surface area contributed by atoms with Crippen molar-refractivity contribution in [3.05, 3.63) is 102 Å². The molecule has 17 nitrogen and oxygen atoms in total. The molecule has 4 aromatic heterocycles. The van der Waals surface area contributed by atoms with E-state index in [4.69, 9.17) is 9.47 Å². The van der Waals surface area contributed by atoms with Crippen LogP contribution in [-0.4, -0.2) is 116 Å². The number of imidazole rings is 1. The second kappa shape index (κ2) is 23.1. The number of aliphatic imine (C=N–C) groups is 1. The van der Waals surface area contributed by atoms with Crippen LogP contribution in [0.15, 0.2) is 95.5 Å². The normalized spacial score (nSPS) is 18.6. The van der Waals surface area contributed by atoms with Crippen molar-refractivity contribution in [2.45, 2.75) is 70.0 Å². The van der Waals surface area contributed by atoms with Crippen molar-refractivity contribution in [1.82, 2.24) is 39.9 Å². The molecule has 21 heteroatoms. The topological polar surface area (TPSA) is 219 Å². The predicted molar refractivity (Wildman–Crippen MR) is 249 cm³/mol. The summed E-state index contributed by atoms with van der Waals surface area (Å²) in [7, 11) is -2.69. The summed E-state index contributed by atoms with van der Waals surface area (Å²) in [5.41, 5.74) is 3.78. The number of halogens is 2. The van der Waals surface area contributed by atoms with Gasteiger partial charge in [0.05, 0.1) is 23.4 Å². The van der Waals surface area contributed by atoms with E-state index in [0.717, 1.165) is 40.6 Å². The third-order valence-corrected chi connectivity index (χ3v) is 11.6. The minimum Gasteiger partial charge on any atom is -0.484 e. The van der Waals surface area contributed by atoms with Gasteiger partial charge >= 0.3 is 7.40 Å². The Morgan fingerprint density at radius 2 is 1.68 bits per heavy atom. The zero-order chi connectivity index (χ0) is 46.4. The highest BCUT2D eigenvalue weighted by atomic mass is 32.1. The first-order valence-corrected chi connectivity index (χ1v) is 22.6. The summed E-state index contributed by atoms with van der Waals surface area (Å²) >= 11 is 1.41. The van der Waals surface area contributed by atoms with E-state index in [-0.39, 0.29) is 18.4 Å². The molecule has 1 aromatic carbocycles. The molecule has 346 valence electrons. The summed E-state index contributed by atoms with van der Waals surface area (Å²) < 4.78 is 41.8. The number of aliphatic hydroxyl groups is 2. The molecule has 66 heavy (non-hydrogen) atoms. The fourth-order valence-electron chi connectivity index (χ4n) is 7.34. The Morgan fingerprint density at radius 1 is 0.894 bits per heavy atom. The standard InChI is InChI=1S/C45H51BF2N10O7S/c1-2-49-44(63)41-39(61)40(62)45(65-41)57-28-55-38-42(53-27-54-43(38)57)52-23-7-6-22-50-36(59)10-4-3-5-21-51-37(60)26-64-33-18-12-29(13-19-33)11-14-30-15-16-31(56-30)25-32-17-20-34(58(32)46(47)48)35-9-8-24-66-35/h8-9,11-20,24-25,27-28,39-41,45,61-62H,2-7,10,21-23,26H2,1H3,(H,49,63)(H,50,59)(H,51,60)(H,52,53,54)/b14-11-,31-25-. The number of fused-ring (bicyclic) bond motifs is 1. The molecule has 0 aliphatic carbocycles. The highest BCUT2D eigenvalue weighted by Gasteiger charge is 2.47. The van der Waals surface area contributed by atoms with E-state index < -0.39 is 37.8 Å². The van der Waals surface area contributed by atoms with Crippen molar-refractivity contribution in [2.24, 2.45) is 4.99 Å². The van der Waals surface area contributed by atoms with Gasteiger partial charge in [0, 0.05) is 43.2 Å². The molecular weight excluding hydrogens is 873 g/mol. The second-order valence-electron chi connectivity index (χ2n) is 15.4. The van der Waals surface area contributed by atoms with Gasteiger partial charge in [-0.15, -0.1) is 11.3 Å². The van der Waals surface area contributed by atoms with E-state index in [1.54, 1.807) is 43.3 Å². The van der Waals surface area contributed by atoms with Crippen molar-refractivity contribution >= 4 is 71.3 Å². The lowest BCUT2D eigenvalue weighted by atomic mass is 10.1. The van der Waals surface area contributed by atoms with Crippen molar-refractivity contribution in [1.29, 1.82) is 0 Å². The Kier molecular flexibility index (Phi) is 16.6. The summed E-state index contributed by atoms with van der Waals surface area (Å²) in [4.78, 5) is 55.2. The van der Waals surface area contributed by atoms with Crippen LogP contribution in [0.5, 0.6) is 5.75 Å². The van der Waals surface area contributed by atoms with Crippen LogP contribution in [0, 0.1) is 0 Å². The Bertz CT molecular complexity index is 2560. The third-order valence-electron chi connectivity index (χ3n) is 10.7. The first kappa shape index (κ1) is 47.4. The minimum atomic E-state index is -2.69. The number of carbonyl (C=O) groups excluding carboxylic acids is 3. The lowest BCUT2D eigenvalue weighted by Gasteiger charge is -2.16. The third kappa shape index (κ3) is 12.2. The Hall–Kier alpha value is -6.55. The van der Waals surface area contributed by atoms with E-state index in [0.29, 0.717) is 84.5 Å². The Balaban J connectivity index is 0.723. The summed E-state index contributed by atoms with van der Waals surface area (Å²) in [6, 6.07) is 14.3. The molecule has 0 bridgehead atoms. The number of likely N-dealkylation sites (N-methyl/N-ethyl adjacent to an activating group) is 1. The van der Waals surface area contributed by atoms with Gasteiger partial charge in [-0.05, 0) is 98.2 Å². The van der Waals surface area contributed by atoms with Crippen LogP contribution in [0.2, 0.25) is 0 Å². The molecule has 7 rings (SSSR count). The molecule has 6 N–H and O–H groups in total. The van der Waals surface area contributed by atoms with Gasteiger partial charge in [0.1, 0.15) is 24.3 Å². The van der Waals surface area contributed by atoms with Gasteiger partial charge in [0.15, 0.2) is 35.9 Å². The number of anilines is 1. The quantitative estimate of drug-likeness (QED) is 0.0378. The lowest BCUT2D eigenvalue weighted by molar-refractivity contribution is -0.137. The highest BCUT2D eigenvalue weighted by Crippen LogP contribution is 2.33. The van der Waals surface area contributed by atoms with Crippen LogP contribution in [0.1, 0.15) is 62.9 Å². The van der Waals surface area contributed by atoms with Crippen LogP contribution >= 0.6 is 11.3 Å². The van der Waals surface area contributed by atoms with Gasteiger partial charge in [-0.1, -0.05) is 30.7 Å². The first-order chi connectivity index (χ1) is 32.1. The smallest absolute Gasteiger partial charge is 0.484 e. The van der Waals surface area contributed by atoms with Crippen LogP contribution < -0.4 is 26.0 Å². The first-order valence-electron chi connectivity index (χ1n) is 21.8. The molecule has 4 atom stereocenters. The molecule has 2 aliphatic rings. The number of aromatic nitrogens is 5. The number of nitrogens with zero attached hydrogens (tertiary/aromatic N) is 6. The van der Waals surface area contributed by atoms with E-state index in [2.05, 4.69) is 41.2 Å². The summed E-state index contributed by atoms with van der Waals surface area (Å²) in [6.07, 6.45) is 10.7. The van der Waals surface area contributed by atoms with Crippen molar-refractivity contribution < 1.29 is 42.7 Å². The van der Waals surface area contributed by atoms with Crippen LogP contribution in [-0.2, 0) is 19.1 Å². The van der Waals surface area contributed by atoms with E-state index in [9.17, 15) is 33.2 Å². The molecular formula is C45H51BF2N10O7S. The highest BCUT2D eigenvalue weighted by molar-refractivity contribution is 7.13. The van der Waals surface area contributed by atoms with Crippen LogP contribution in [0.3, 0.4) is 0 Å². The second-order valence-corrected chi connectivity index (χ2v) is 16.4. The largest absolute Gasteiger partial charge is 0.678 e. The number of carbonyl (C=O) groups is 3. The average Bonchev–Trinajstić information content (AvgIpc) is 4.18. The van der Waals surface area contributed by atoms with Gasteiger partial charge in [-0.25, -0.2) is 19.9 Å². The monoisotopic (exact) mass is 924 g/mol. The predicted octanol–water partition coefficient (Wildman–Crippen LogP) is 5.01. The lowest BCUT2D eigenvalue weighted by Crippen LogP contribution is -2.42. The van der Waals surface area contributed by atoms with Crippen LogP contribution in [0.4, 0.5) is 14.4 Å². The summed E-state index contributed by atoms with van der Waals surface area (Å²) in [5, 5.41) is 34.5. The van der Waals surface area contributed by atoms with Crippen molar-refractivity contribution in [3.63, 3.8) is 0 Å². The number of rotatable bonds is 23. The van der Waals surface area contributed by atoms with E-state index >= 15 is 0 Å². The fraction of sp³-hybridized carbons (Fsp3) is 0.356. The number of unbranched alkanes of at least 4 members (excludes halogenated alkanes) is 3. The number of aliphatic hydroxyl groups excluding tert-OH is 2. The minimum absolute atomic E-state index is 0.0311. The fourth-order valence-corrected chi connectivity index (χ4v) is 8.08.